The van der Waals surface area contributed by atoms with Crippen LogP contribution >= 0.6 is 0 Å². The number of benzene rings is 1. The van der Waals surface area contributed by atoms with Crippen molar-refractivity contribution in [1.29, 1.82) is 0 Å². The summed E-state index contributed by atoms with van der Waals surface area (Å²) >= 11 is 0. The van der Waals surface area contributed by atoms with Gasteiger partial charge in [-0.05, 0) is 6.92 Å². The van der Waals surface area contributed by atoms with E-state index in [4.69, 9.17) is 0 Å². The van der Waals surface area contributed by atoms with Crippen molar-refractivity contribution in [3.8, 4) is 11.3 Å². The van der Waals surface area contributed by atoms with E-state index in [1.165, 1.54) is 11.8 Å². The molecule has 3 nitrogen and oxygen atoms in total. The molecule has 2 rings (SSSR count). The SMILES string of the molecule is Cc1ccc(-c2conn2)cc1. The van der Waals surface area contributed by atoms with Crippen LogP contribution in [0.25, 0.3) is 11.3 Å². The first-order valence-corrected chi connectivity index (χ1v) is 3.70. The molecule has 0 aliphatic heterocycles. The summed E-state index contributed by atoms with van der Waals surface area (Å²) in [6.45, 7) is 2.05. The highest BCUT2D eigenvalue weighted by Gasteiger charge is 1.99. The summed E-state index contributed by atoms with van der Waals surface area (Å²) in [6.07, 6.45) is 1.53. The topological polar surface area (TPSA) is 38.9 Å². The third-order valence-corrected chi connectivity index (χ3v) is 1.71. The van der Waals surface area contributed by atoms with Gasteiger partial charge >= 0.3 is 0 Å². The van der Waals surface area contributed by atoms with Crippen molar-refractivity contribution in [3.63, 3.8) is 0 Å². The summed E-state index contributed by atoms with van der Waals surface area (Å²) < 4.78 is 4.64. The Kier molecular flexibility index (Phi) is 1.63. The van der Waals surface area contributed by atoms with Gasteiger partial charge in [0, 0.05) is 10.8 Å². The molecule has 2 aromatic rings. The molecule has 0 fully saturated rings. The van der Waals surface area contributed by atoms with Crippen molar-refractivity contribution in [1.82, 2.24) is 10.4 Å². The number of hydrogen-bond donors (Lipinski definition) is 0. The zero-order valence-corrected chi connectivity index (χ0v) is 6.69. The third kappa shape index (κ3) is 1.21. The lowest BCUT2D eigenvalue weighted by atomic mass is 10.1. The lowest BCUT2D eigenvalue weighted by Crippen LogP contribution is -1.77. The van der Waals surface area contributed by atoms with Crippen molar-refractivity contribution in [2.75, 3.05) is 0 Å². The number of nitrogens with zero attached hydrogens (tertiary/aromatic N) is 2. The lowest BCUT2D eigenvalue weighted by Gasteiger charge is -1.94. The molecule has 0 amide bonds. The number of aryl methyl sites for hydroxylation is 1. The van der Waals surface area contributed by atoms with Crippen LogP contribution in [0.4, 0.5) is 0 Å². The quantitative estimate of drug-likeness (QED) is 0.640. The van der Waals surface area contributed by atoms with E-state index in [2.05, 4.69) is 14.9 Å². The van der Waals surface area contributed by atoms with Gasteiger partial charge in [0.1, 0.15) is 5.69 Å². The van der Waals surface area contributed by atoms with Gasteiger partial charge in [-0.2, -0.15) is 0 Å². The van der Waals surface area contributed by atoms with Crippen LogP contribution in [-0.2, 0) is 0 Å². The van der Waals surface area contributed by atoms with Crippen LogP contribution in [0.2, 0.25) is 0 Å². The minimum atomic E-state index is 0.773. The average Bonchev–Trinajstić information content (AvgIpc) is 2.58. The molecule has 0 bridgehead atoms. The van der Waals surface area contributed by atoms with E-state index in [0.717, 1.165) is 11.3 Å². The second-order valence-electron chi connectivity index (χ2n) is 2.66. The van der Waals surface area contributed by atoms with Gasteiger partial charge in [-0.15, -0.1) is 5.10 Å². The Hall–Kier alpha value is -1.64. The van der Waals surface area contributed by atoms with Gasteiger partial charge in [0.2, 0.25) is 0 Å². The number of aromatic nitrogens is 2. The average molecular weight is 160 g/mol. The number of hydrogen-bond acceptors (Lipinski definition) is 3. The van der Waals surface area contributed by atoms with Crippen LogP contribution in [0.3, 0.4) is 0 Å². The molecule has 0 spiro atoms. The van der Waals surface area contributed by atoms with E-state index < -0.39 is 0 Å². The van der Waals surface area contributed by atoms with E-state index in [1.54, 1.807) is 0 Å². The standard InChI is InChI=1S/C9H8N2O/c1-7-2-4-8(5-3-7)9-6-12-11-10-9/h2-6H,1H3. The van der Waals surface area contributed by atoms with Crippen LogP contribution in [0, 0.1) is 6.92 Å². The Morgan fingerprint density at radius 3 is 2.50 bits per heavy atom. The molecule has 0 atom stereocenters. The van der Waals surface area contributed by atoms with Crippen molar-refractivity contribution >= 4 is 0 Å². The van der Waals surface area contributed by atoms with Crippen LogP contribution in [0.1, 0.15) is 5.56 Å². The van der Waals surface area contributed by atoms with Gasteiger partial charge in [0.15, 0.2) is 6.26 Å². The fraction of sp³-hybridized carbons (Fsp3) is 0.111. The van der Waals surface area contributed by atoms with Crippen molar-refractivity contribution in [3.05, 3.63) is 36.1 Å². The molecule has 0 saturated heterocycles. The molecule has 12 heavy (non-hydrogen) atoms. The summed E-state index contributed by atoms with van der Waals surface area (Å²) in [5.74, 6) is 0. The molecule has 0 saturated carbocycles. The second kappa shape index (κ2) is 2.77. The van der Waals surface area contributed by atoms with Gasteiger partial charge in [-0.25, -0.2) is 0 Å². The molecule has 0 unspecified atom stereocenters. The third-order valence-electron chi connectivity index (χ3n) is 1.71. The van der Waals surface area contributed by atoms with E-state index in [-0.39, 0.29) is 0 Å². The van der Waals surface area contributed by atoms with Crippen LogP contribution < -0.4 is 0 Å². The van der Waals surface area contributed by atoms with Gasteiger partial charge in [0.25, 0.3) is 0 Å². The zero-order chi connectivity index (χ0) is 8.39. The predicted molar refractivity (Wildman–Crippen MR) is 44.5 cm³/mol. The molecule has 0 aliphatic carbocycles. The van der Waals surface area contributed by atoms with E-state index in [0.29, 0.717) is 0 Å². The maximum atomic E-state index is 4.64. The highest BCUT2D eigenvalue weighted by atomic mass is 16.5. The summed E-state index contributed by atoms with van der Waals surface area (Å²) in [5.41, 5.74) is 3.03. The number of rotatable bonds is 1. The van der Waals surface area contributed by atoms with Crippen LogP contribution in [0.15, 0.2) is 35.1 Å². The van der Waals surface area contributed by atoms with Crippen molar-refractivity contribution in [2.45, 2.75) is 6.92 Å². The zero-order valence-electron chi connectivity index (χ0n) is 6.69. The highest BCUT2D eigenvalue weighted by molar-refractivity contribution is 5.57. The Morgan fingerprint density at radius 1 is 1.17 bits per heavy atom. The molecule has 3 heteroatoms. The second-order valence-corrected chi connectivity index (χ2v) is 2.66. The highest BCUT2D eigenvalue weighted by Crippen LogP contribution is 2.15. The molecular formula is C9H8N2O. The van der Waals surface area contributed by atoms with Gasteiger partial charge in [-0.3, -0.25) is 0 Å². The Morgan fingerprint density at radius 2 is 1.92 bits per heavy atom. The van der Waals surface area contributed by atoms with E-state index in [9.17, 15) is 0 Å². The monoisotopic (exact) mass is 160 g/mol. The molecule has 0 aliphatic rings. The molecule has 1 aromatic heterocycles. The van der Waals surface area contributed by atoms with Gasteiger partial charge < -0.3 is 4.52 Å². The maximum absolute atomic E-state index is 4.64. The Balaban J connectivity index is 2.43. The first-order chi connectivity index (χ1) is 5.86. The minimum Gasteiger partial charge on any atom is -0.345 e. The van der Waals surface area contributed by atoms with Gasteiger partial charge in [-0.1, -0.05) is 29.8 Å². The van der Waals surface area contributed by atoms with Crippen LogP contribution in [-0.4, -0.2) is 10.4 Å². The summed E-state index contributed by atoms with van der Waals surface area (Å²) in [6, 6.07) is 8.05. The van der Waals surface area contributed by atoms with Crippen LogP contribution in [0.5, 0.6) is 0 Å². The smallest absolute Gasteiger partial charge is 0.152 e. The molecule has 0 radical (unpaired) electrons. The molecule has 1 heterocycles. The fourth-order valence-corrected chi connectivity index (χ4v) is 1.01. The summed E-state index contributed by atoms with van der Waals surface area (Å²) in [4.78, 5) is 0. The molecule has 1 aromatic carbocycles. The first-order valence-electron chi connectivity index (χ1n) is 3.70. The maximum Gasteiger partial charge on any atom is 0.152 e. The minimum absolute atomic E-state index is 0.773. The lowest BCUT2D eigenvalue weighted by molar-refractivity contribution is 0.393. The normalized spacial score (nSPS) is 10.1. The Labute approximate surface area is 70.0 Å². The molecule has 60 valence electrons. The van der Waals surface area contributed by atoms with Crippen molar-refractivity contribution in [2.24, 2.45) is 0 Å². The van der Waals surface area contributed by atoms with Gasteiger partial charge in [0.05, 0.1) is 0 Å². The largest absolute Gasteiger partial charge is 0.345 e. The summed E-state index contributed by atoms with van der Waals surface area (Å²) in [5, 5.41) is 7.20. The summed E-state index contributed by atoms with van der Waals surface area (Å²) in [7, 11) is 0. The predicted octanol–water partition coefficient (Wildman–Crippen LogP) is 2.05. The molecule has 0 N–H and O–H groups in total. The van der Waals surface area contributed by atoms with E-state index in [1.807, 2.05) is 31.2 Å². The van der Waals surface area contributed by atoms with E-state index >= 15 is 0 Å². The molecular weight excluding hydrogens is 152 g/mol. The first kappa shape index (κ1) is 7.03. The Bertz CT molecular complexity index is 351. The fourth-order valence-electron chi connectivity index (χ4n) is 1.01. The van der Waals surface area contributed by atoms with Crippen molar-refractivity contribution < 1.29 is 4.52 Å².